The molecular formula is C31H33N3O4S. The number of nitrogen functional groups attached to an aromatic ring is 1. The van der Waals surface area contributed by atoms with Gasteiger partial charge in [0.05, 0.1) is 4.90 Å². The minimum atomic E-state index is -3.57. The molecule has 0 radical (unpaired) electrons. The third-order valence-corrected chi connectivity index (χ3v) is 7.78. The van der Waals surface area contributed by atoms with E-state index in [1.54, 1.807) is 54.6 Å². The summed E-state index contributed by atoms with van der Waals surface area (Å²) in [5.41, 5.74) is 8.77. The molecule has 0 heterocycles. The summed E-state index contributed by atoms with van der Waals surface area (Å²) in [6.07, 6.45) is 0. The van der Waals surface area contributed by atoms with Gasteiger partial charge in [-0.05, 0) is 71.3 Å². The van der Waals surface area contributed by atoms with E-state index in [0.29, 0.717) is 24.5 Å². The van der Waals surface area contributed by atoms with Crippen molar-refractivity contribution in [1.82, 2.24) is 4.72 Å². The summed E-state index contributed by atoms with van der Waals surface area (Å²) in [5, 5.41) is 7.47. The fourth-order valence-corrected chi connectivity index (χ4v) is 5.17. The van der Waals surface area contributed by atoms with Crippen LogP contribution in [-0.2, 0) is 28.7 Å². The average Bonchev–Trinajstić information content (AvgIpc) is 2.95. The SMILES string of the molecule is CC(C)(CNS(=O)(=O)c1ccccc1)c1ccc(OCc2cccc(COc3ccc(C(=N)N)cc3)c2)cc1. The van der Waals surface area contributed by atoms with E-state index in [0.717, 1.165) is 22.4 Å². The van der Waals surface area contributed by atoms with Crippen LogP contribution < -0.4 is 19.9 Å². The minimum absolute atomic E-state index is 0.0268. The van der Waals surface area contributed by atoms with Crippen LogP contribution in [0.5, 0.6) is 11.5 Å². The summed E-state index contributed by atoms with van der Waals surface area (Å²) in [6.45, 7) is 5.08. The summed E-state index contributed by atoms with van der Waals surface area (Å²) in [6, 6.07) is 31.2. The predicted molar refractivity (Wildman–Crippen MR) is 154 cm³/mol. The van der Waals surface area contributed by atoms with Crippen LogP contribution in [0.25, 0.3) is 0 Å². The molecule has 0 amide bonds. The molecule has 0 spiro atoms. The number of hydrogen-bond acceptors (Lipinski definition) is 5. The van der Waals surface area contributed by atoms with Gasteiger partial charge in [-0.3, -0.25) is 5.41 Å². The van der Waals surface area contributed by atoms with Crippen LogP contribution in [0.3, 0.4) is 0 Å². The molecule has 4 N–H and O–H groups in total. The molecule has 8 heteroatoms. The lowest BCUT2D eigenvalue weighted by atomic mass is 9.85. The second kappa shape index (κ2) is 12.1. The second-order valence-electron chi connectivity index (χ2n) is 9.88. The van der Waals surface area contributed by atoms with Crippen molar-refractivity contribution in [3.63, 3.8) is 0 Å². The Hall–Kier alpha value is -4.14. The maximum atomic E-state index is 12.6. The van der Waals surface area contributed by atoms with Crippen molar-refractivity contribution in [3.05, 3.63) is 125 Å². The molecule has 39 heavy (non-hydrogen) atoms. The van der Waals surface area contributed by atoms with Gasteiger partial charge < -0.3 is 15.2 Å². The van der Waals surface area contributed by atoms with Crippen LogP contribution in [0.4, 0.5) is 0 Å². The third-order valence-electron chi connectivity index (χ3n) is 6.36. The standard InChI is InChI=1S/C31H33N3O4S/c1-31(2,22-34-39(35,36)29-9-4-3-5-10-29)26-13-17-28(18-14-26)38-21-24-8-6-7-23(19-24)20-37-27-15-11-25(12-16-27)30(32)33/h3-19,34H,20-22H2,1-2H3,(H3,32,33). The predicted octanol–water partition coefficient (Wildman–Crippen LogP) is 5.38. The lowest BCUT2D eigenvalue weighted by Crippen LogP contribution is -2.36. The van der Waals surface area contributed by atoms with Crippen molar-refractivity contribution in [3.8, 4) is 11.5 Å². The summed E-state index contributed by atoms with van der Waals surface area (Å²) in [7, 11) is -3.57. The van der Waals surface area contributed by atoms with Gasteiger partial charge in [-0.25, -0.2) is 13.1 Å². The molecule has 0 fully saturated rings. The van der Waals surface area contributed by atoms with Gasteiger partial charge in [0.25, 0.3) is 0 Å². The highest BCUT2D eigenvalue weighted by molar-refractivity contribution is 7.89. The first-order chi connectivity index (χ1) is 18.6. The molecule has 7 nitrogen and oxygen atoms in total. The quantitative estimate of drug-likeness (QED) is 0.164. The van der Waals surface area contributed by atoms with Gasteiger partial charge in [-0.1, -0.05) is 62.4 Å². The Morgan fingerprint density at radius 1 is 0.795 bits per heavy atom. The zero-order valence-corrected chi connectivity index (χ0v) is 22.9. The monoisotopic (exact) mass is 543 g/mol. The third kappa shape index (κ3) is 7.69. The summed E-state index contributed by atoms with van der Waals surface area (Å²) in [5.74, 6) is 1.46. The van der Waals surface area contributed by atoms with Crippen molar-refractivity contribution >= 4 is 15.9 Å². The molecule has 0 bridgehead atoms. The lowest BCUT2D eigenvalue weighted by Gasteiger charge is -2.26. The minimum Gasteiger partial charge on any atom is -0.489 e. The maximum Gasteiger partial charge on any atom is 0.240 e. The van der Waals surface area contributed by atoms with Gasteiger partial charge in [0.1, 0.15) is 30.5 Å². The van der Waals surface area contributed by atoms with Crippen LogP contribution in [0.15, 0.2) is 108 Å². The Bertz CT molecular complexity index is 1500. The first kappa shape index (κ1) is 27.9. The van der Waals surface area contributed by atoms with E-state index >= 15 is 0 Å². The molecule has 202 valence electrons. The smallest absolute Gasteiger partial charge is 0.240 e. The van der Waals surface area contributed by atoms with Gasteiger partial charge in [-0.2, -0.15) is 0 Å². The molecule has 4 aromatic rings. The summed E-state index contributed by atoms with van der Waals surface area (Å²) in [4.78, 5) is 0.253. The molecule has 0 saturated carbocycles. The van der Waals surface area contributed by atoms with E-state index in [4.69, 9.17) is 20.6 Å². The molecule has 0 aromatic heterocycles. The van der Waals surface area contributed by atoms with E-state index in [1.165, 1.54) is 0 Å². The molecule has 4 rings (SSSR count). The van der Waals surface area contributed by atoms with Crippen molar-refractivity contribution in [2.24, 2.45) is 5.73 Å². The molecule has 0 aliphatic rings. The number of amidine groups is 1. The molecule has 0 unspecified atom stereocenters. The molecule has 4 aromatic carbocycles. The fraction of sp³-hybridized carbons (Fsp3) is 0.194. The van der Waals surface area contributed by atoms with Crippen molar-refractivity contribution < 1.29 is 17.9 Å². The van der Waals surface area contributed by atoms with Crippen LogP contribution in [0.2, 0.25) is 0 Å². The number of nitrogens with two attached hydrogens (primary N) is 1. The highest BCUT2D eigenvalue weighted by atomic mass is 32.2. The number of hydrogen-bond donors (Lipinski definition) is 3. The van der Waals surface area contributed by atoms with Crippen molar-refractivity contribution in [1.29, 1.82) is 5.41 Å². The Labute approximate surface area is 230 Å². The molecule has 0 saturated heterocycles. The highest BCUT2D eigenvalue weighted by Gasteiger charge is 2.24. The summed E-state index contributed by atoms with van der Waals surface area (Å²) < 4.78 is 39.8. The number of rotatable bonds is 12. The topological polar surface area (TPSA) is 115 Å². The number of sulfonamides is 1. The largest absolute Gasteiger partial charge is 0.489 e. The first-order valence-corrected chi connectivity index (χ1v) is 14.0. The number of nitrogens with one attached hydrogen (secondary N) is 2. The average molecular weight is 544 g/mol. The van der Waals surface area contributed by atoms with Crippen LogP contribution >= 0.6 is 0 Å². The number of benzene rings is 4. The van der Waals surface area contributed by atoms with E-state index in [2.05, 4.69) is 4.72 Å². The van der Waals surface area contributed by atoms with Crippen LogP contribution in [0.1, 0.15) is 36.1 Å². The fourth-order valence-electron chi connectivity index (χ4n) is 3.94. The van der Waals surface area contributed by atoms with E-state index in [-0.39, 0.29) is 17.3 Å². The Morgan fingerprint density at radius 2 is 1.33 bits per heavy atom. The van der Waals surface area contributed by atoms with Crippen molar-refractivity contribution in [2.45, 2.75) is 37.4 Å². The Kier molecular flexibility index (Phi) is 8.69. The van der Waals surface area contributed by atoms with E-state index in [1.807, 2.05) is 62.4 Å². The van der Waals surface area contributed by atoms with Crippen LogP contribution in [0, 0.1) is 5.41 Å². The summed E-state index contributed by atoms with van der Waals surface area (Å²) >= 11 is 0. The molecule has 0 aliphatic heterocycles. The first-order valence-electron chi connectivity index (χ1n) is 12.6. The molecular weight excluding hydrogens is 510 g/mol. The van der Waals surface area contributed by atoms with Gasteiger partial charge in [-0.15, -0.1) is 0 Å². The molecule has 0 aliphatic carbocycles. The zero-order chi connectivity index (χ0) is 27.9. The van der Waals surface area contributed by atoms with E-state index < -0.39 is 15.4 Å². The lowest BCUT2D eigenvalue weighted by molar-refractivity contribution is 0.299. The van der Waals surface area contributed by atoms with Gasteiger partial charge >= 0.3 is 0 Å². The Morgan fingerprint density at radius 3 is 1.87 bits per heavy atom. The molecule has 0 atom stereocenters. The van der Waals surface area contributed by atoms with E-state index in [9.17, 15) is 8.42 Å². The second-order valence-corrected chi connectivity index (χ2v) is 11.6. The van der Waals surface area contributed by atoms with Crippen molar-refractivity contribution in [2.75, 3.05) is 6.54 Å². The van der Waals surface area contributed by atoms with Gasteiger partial charge in [0.2, 0.25) is 10.0 Å². The highest BCUT2D eigenvalue weighted by Crippen LogP contribution is 2.26. The number of ether oxygens (including phenoxy) is 2. The zero-order valence-electron chi connectivity index (χ0n) is 22.1. The van der Waals surface area contributed by atoms with Crippen LogP contribution in [-0.4, -0.2) is 20.8 Å². The maximum absolute atomic E-state index is 12.6. The van der Waals surface area contributed by atoms with Gasteiger partial charge in [0.15, 0.2) is 0 Å². The normalized spacial score (nSPS) is 11.6. The van der Waals surface area contributed by atoms with Gasteiger partial charge in [0, 0.05) is 17.5 Å². The Balaban J connectivity index is 1.30.